The number of amides is 2. The van der Waals surface area contributed by atoms with Crippen LogP contribution >= 0.6 is 0 Å². The fraction of sp³-hybridized carbons (Fsp3) is 0.400. The minimum atomic E-state index is -1.06. The third-order valence-corrected chi connectivity index (χ3v) is 5.70. The summed E-state index contributed by atoms with van der Waals surface area (Å²) >= 11 is 0. The smallest absolute Gasteiger partial charge is 0.407 e. The van der Waals surface area contributed by atoms with E-state index in [2.05, 4.69) is 17.4 Å². The number of aliphatic carboxylic acids is 1. The second-order valence-corrected chi connectivity index (χ2v) is 8.68. The summed E-state index contributed by atoms with van der Waals surface area (Å²) in [6.07, 6.45) is 0.0440. The third kappa shape index (κ3) is 5.10. The van der Waals surface area contributed by atoms with Crippen molar-refractivity contribution in [3.8, 4) is 11.1 Å². The molecule has 2 aromatic rings. The summed E-state index contributed by atoms with van der Waals surface area (Å²) in [6.45, 7) is 5.47. The van der Waals surface area contributed by atoms with Crippen LogP contribution in [0.25, 0.3) is 11.1 Å². The first kappa shape index (κ1) is 23.3. The molecule has 2 N–H and O–H groups in total. The van der Waals surface area contributed by atoms with Crippen LogP contribution < -0.4 is 5.32 Å². The Bertz CT molecular complexity index is 956. The molecule has 0 aromatic heterocycles. The number of carboxylic acid groups (broad SMARTS) is 1. The highest BCUT2D eigenvalue weighted by Crippen LogP contribution is 2.44. The highest BCUT2D eigenvalue weighted by Gasteiger charge is 2.34. The van der Waals surface area contributed by atoms with Gasteiger partial charge in [0.1, 0.15) is 13.2 Å². The molecule has 0 radical (unpaired) electrons. The van der Waals surface area contributed by atoms with Crippen molar-refractivity contribution < 1.29 is 24.2 Å². The van der Waals surface area contributed by atoms with Crippen molar-refractivity contribution in [1.82, 2.24) is 10.2 Å². The molecule has 7 nitrogen and oxygen atoms in total. The van der Waals surface area contributed by atoms with Gasteiger partial charge >= 0.3 is 12.1 Å². The fourth-order valence-electron chi connectivity index (χ4n) is 4.13. The van der Waals surface area contributed by atoms with Crippen molar-refractivity contribution in [3.63, 3.8) is 0 Å². The van der Waals surface area contributed by atoms with Gasteiger partial charge in [0, 0.05) is 19.0 Å². The summed E-state index contributed by atoms with van der Waals surface area (Å²) in [5.74, 6) is -1.42. The van der Waals surface area contributed by atoms with Gasteiger partial charge in [0.25, 0.3) is 0 Å². The highest BCUT2D eigenvalue weighted by atomic mass is 16.5. The Balaban J connectivity index is 1.59. The lowest BCUT2D eigenvalue weighted by molar-refractivity contribution is -0.148. The Labute approximate surface area is 188 Å². The van der Waals surface area contributed by atoms with Crippen molar-refractivity contribution in [2.75, 3.05) is 26.2 Å². The molecule has 0 aliphatic heterocycles. The van der Waals surface area contributed by atoms with E-state index in [1.807, 2.05) is 43.3 Å². The Kier molecular flexibility index (Phi) is 7.18. The third-order valence-electron chi connectivity index (χ3n) is 5.70. The molecule has 2 amide bonds. The molecule has 0 fully saturated rings. The average molecular weight is 439 g/mol. The molecule has 0 saturated heterocycles. The number of benzene rings is 2. The van der Waals surface area contributed by atoms with E-state index in [0.717, 1.165) is 22.3 Å². The quantitative estimate of drug-likeness (QED) is 0.620. The van der Waals surface area contributed by atoms with Crippen LogP contribution in [-0.2, 0) is 14.3 Å². The van der Waals surface area contributed by atoms with Crippen molar-refractivity contribution in [2.24, 2.45) is 5.41 Å². The fourth-order valence-corrected chi connectivity index (χ4v) is 4.13. The minimum Gasteiger partial charge on any atom is -0.480 e. The molecule has 0 saturated carbocycles. The van der Waals surface area contributed by atoms with Gasteiger partial charge in [-0.25, -0.2) is 4.79 Å². The van der Waals surface area contributed by atoms with Crippen LogP contribution in [0.5, 0.6) is 0 Å². The van der Waals surface area contributed by atoms with Crippen LogP contribution in [0.15, 0.2) is 48.5 Å². The second-order valence-electron chi connectivity index (χ2n) is 8.68. The van der Waals surface area contributed by atoms with Gasteiger partial charge in [-0.15, -0.1) is 0 Å². The molecule has 0 heterocycles. The van der Waals surface area contributed by atoms with Crippen molar-refractivity contribution in [2.45, 2.75) is 33.1 Å². The standard InChI is InChI=1S/C25H30N2O5/c1-4-13-27(14-22(28)29)23(30)25(2,3)16-26-24(31)32-15-21-19-11-7-5-9-17(19)18-10-6-8-12-20(18)21/h5-12,21H,4,13-16H2,1-3H3,(H,26,31)(H,28,29). The number of carbonyl (C=O) groups excluding carboxylic acids is 2. The van der Waals surface area contributed by atoms with Crippen molar-refractivity contribution in [3.05, 3.63) is 59.7 Å². The molecule has 170 valence electrons. The first-order chi connectivity index (χ1) is 15.2. The van der Waals surface area contributed by atoms with E-state index in [1.54, 1.807) is 13.8 Å². The number of nitrogens with zero attached hydrogens (tertiary/aromatic N) is 1. The van der Waals surface area contributed by atoms with Gasteiger partial charge in [-0.2, -0.15) is 0 Å². The number of carboxylic acids is 1. The number of ether oxygens (including phenoxy) is 1. The van der Waals surface area contributed by atoms with Crippen molar-refractivity contribution in [1.29, 1.82) is 0 Å². The summed E-state index contributed by atoms with van der Waals surface area (Å²) in [5.41, 5.74) is 3.59. The lowest BCUT2D eigenvalue weighted by atomic mass is 9.91. The number of carbonyl (C=O) groups is 3. The molecular weight excluding hydrogens is 408 g/mol. The molecule has 0 bridgehead atoms. The first-order valence-electron chi connectivity index (χ1n) is 10.8. The second kappa shape index (κ2) is 9.85. The van der Waals surface area contributed by atoms with Crippen LogP contribution in [0.4, 0.5) is 4.79 Å². The SMILES string of the molecule is CCCN(CC(=O)O)C(=O)C(C)(C)CNC(=O)OCC1c2ccccc2-c2ccccc21. The molecule has 1 aliphatic rings. The molecule has 0 spiro atoms. The predicted molar refractivity (Wildman–Crippen MR) is 121 cm³/mol. The van der Waals surface area contributed by atoms with Crippen LogP contribution in [0.2, 0.25) is 0 Å². The largest absolute Gasteiger partial charge is 0.480 e. The van der Waals surface area contributed by atoms with E-state index < -0.39 is 17.5 Å². The van der Waals surface area contributed by atoms with E-state index in [9.17, 15) is 14.4 Å². The Morgan fingerprint density at radius 2 is 1.59 bits per heavy atom. The van der Waals surface area contributed by atoms with Gasteiger partial charge in [0.2, 0.25) is 5.91 Å². The number of hydrogen-bond acceptors (Lipinski definition) is 4. The lowest BCUT2D eigenvalue weighted by Crippen LogP contribution is -2.48. The van der Waals surface area contributed by atoms with Crippen LogP contribution in [0.3, 0.4) is 0 Å². The Hall–Kier alpha value is -3.35. The summed E-state index contributed by atoms with van der Waals surface area (Å²) in [4.78, 5) is 37.6. The molecule has 7 heteroatoms. The van der Waals surface area contributed by atoms with Gasteiger partial charge in [-0.1, -0.05) is 55.5 Å². The van der Waals surface area contributed by atoms with E-state index in [4.69, 9.17) is 9.84 Å². The molecule has 0 atom stereocenters. The minimum absolute atomic E-state index is 0.0431. The molecule has 3 rings (SSSR count). The van der Waals surface area contributed by atoms with Gasteiger partial charge < -0.3 is 20.1 Å². The van der Waals surface area contributed by atoms with Crippen LogP contribution in [0, 0.1) is 5.41 Å². The van der Waals surface area contributed by atoms with Crippen LogP contribution in [0.1, 0.15) is 44.2 Å². The topological polar surface area (TPSA) is 95.9 Å². The maximum absolute atomic E-state index is 12.8. The van der Waals surface area contributed by atoms with Gasteiger partial charge in [-0.05, 0) is 42.5 Å². The molecule has 32 heavy (non-hydrogen) atoms. The molecule has 1 aliphatic carbocycles. The summed E-state index contributed by atoms with van der Waals surface area (Å²) in [6, 6.07) is 16.2. The Morgan fingerprint density at radius 3 is 2.12 bits per heavy atom. The zero-order valence-electron chi connectivity index (χ0n) is 18.8. The Morgan fingerprint density at radius 1 is 1.03 bits per heavy atom. The summed E-state index contributed by atoms with van der Waals surface area (Å²) in [5, 5.41) is 11.7. The molecular formula is C25H30N2O5. The van der Waals surface area contributed by atoms with Crippen LogP contribution in [-0.4, -0.2) is 54.2 Å². The van der Waals surface area contributed by atoms with Gasteiger partial charge in [0.05, 0.1) is 5.41 Å². The van der Waals surface area contributed by atoms with E-state index in [-0.39, 0.29) is 31.5 Å². The average Bonchev–Trinajstić information content (AvgIpc) is 3.09. The zero-order valence-corrected chi connectivity index (χ0v) is 18.8. The normalized spacial score (nSPS) is 12.6. The number of fused-ring (bicyclic) bond motifs is 3. The summed E-state index contributed by atoms with van der Waals surface area (Å²) in [7, 11) is 0. The van der Waals surface area contributed by atoms with E-state index in [1.165, 1.54) is 4.90 Å². The van der Waals surface area contributed by atoms with Crippen molar-refractivity contribution >= 4 is 18.0 Å². The number of nitrogens with one attached hydrogen (secondary N) is 1. The zero-order chi connectivity index (χ0) is 23.3. The van der Waals surface area contributed by atoms with Gasteiger partial charge in [-0.3, -0.25) is 9.59 Å². The number of alkyl carbamates (subject to hydrolysis) is 1. The first-order valence-corrected chi connectivity index (χ1v) is 10.8. The monoisotopic (exact) mass is 438 g/mol. The van der Waals surface area contributed by atoms with E-state index >= 15 is 0 Å². The van der Waals surface area contributed by atoms with E-state index in [0.29, 0.717) is 13.0 Å². The number of hydrogen-bond donors (Lipinski definition) is 2. The maximum Gasteiger partial charge on any atom is 0.407 e. The molecule has 2 aromatic carbocycles. The maximum atomic E-state index is 12.8. The number of rotatable bonds is 9. The lowest BCUT2D eigenvalue weighted by Gasteiger charge is -2.31. The highest BCUT2D eigenvalue weighted by molar-refractivity contribution is 5.86. The van der Waals surface area contributed by atoms with Gasteiger partial charge in [0.15, 0.2) is 0 Å². The predicted octanol–water partition coefficient (Wildman–Crippen LogP) is 3.87. The summed E-state index contributed by atoms with van der Waals surface area (Å²) < 4.78 is 5.52. The molecule has 0 unspecified atom stereocenters.